The summed E-state index contributed by atoms with van der Waals surface area (Å²) in [6, 6.07) is 56.1. The summed E-state index contributed by atoms with van der Waals surface area (Å²) >= 11 is 0. The number of β-lactam (4-membered cyclic amide) rings is 5. The van der Waals surface area contributed by atoms with Crippen molar-refractivity contribution in [1.82, 2.24) is 36.0 Å². The summed E-state index contributed by atoms with van der Waals surface area (Å²) in [5.41, 5.74) is 4.44. The maximum Gasteiger partial charge on any atom is 0.261 e. The monoisotopic (exact) mass is 1670 g/mol. The van der Waals surface area contributed by atoms with Crippen LogP contribution in [0.5, 0.6) is 0 Å². The van der Waals surface area contributed by atoms with Crippen molar-refractivity contribution in [2.24, 2.45) is 47.3 Å². The Labute approximate surface area is 728 Å². The van der Waals surface area contributed by atoms with Gasteiger partial charge in [0.15, 0.2) is 0 Å². The highest BCUT2D eigenvalue weighted by atomic mass is 16.2. The summed E-state index contributed by atoms with van der Waals surface area (Å²) < 4.78 is 0. The topological polar surface area (TPSA) is 263 Å². The minimum absolute atomic E-state index is 0.00717. The molecule has 19 nitrogen and oxygen atoms in total. The number of hydrogen-bond acceptors (Lipinski definition) is 12. The van der Waals surface area contributed by atoms with E-state index in [0.29, 0.717) is 71.7 Å². The molecule has 11 aliphatic rings. The molecule has 6 aliphatic carbocycles. The Morgan fingerprint density at radius 2 is 0.634 bits per heavy atom. The maximum atomic E-state index is 14.0. The fourth-order valence-corrected chi connectivity index (χ4v) is 21.2. The van der Waals surface area contributed by atoms with E-state index in [1.165, 1.54) is 94.8 Å². The first-order valence-corrected chi connectivity index (χ1v) is 47.2. The van der Waals surface area contributed by atoms with E-state index >= 15 is 0 Å². The van der Waals surface area contributed by atoms with Gasteiger partial charge in [-0.1, -0.05) is 300 Å². The molecule has 10 amide bonds. The summed E-state index contributed by atoms with van der Waals surface area (Å²) in [7, 11) is 0. The van der Waals surface area contributed by atoms with Crippen LogP contribution in [0.1, 0.15) is 329 Å². The van der Waals surface area contributed by atoms with Crippen LogP contribution in [0.2, 0.25) is 0 Å². The van der Waals surface area contributed by atoms with Gasteiger partial charge in [-0.3, -0.25) is 72.2 Å². The molecular weight excluding hydrogens is 1540 g/mol. The molecule has 654 valence electrons. The lowest BCUT2D eigenvalue weighted by Gasteiger charge is -2.49. The molecule has 0 radical (unpaired) electrons. The van der Waals surface area contributed by atoms with E-state index in [0.717, 1.165) is 158 Å². The van der Waals surface area contributed by atoms with Gasteiger partial charge in [-0.05, 0) is 142 Å². The normalized spacial score (nSPS) is 26.7. The van der Waals surface area contributed by atoms with Crippen LogP contribution in [-0.4, -0.2) is 110 Å². The van der Waals surface area contributed by atoms with Crippen molar-refractivity contribution in [1.29, 1.82) is 0 Å². The van der Waals surface area contributed by atoms with Crippen LogP contribution in [0, 0.1) is 47.3 Å². The average molecular weight is 1670 g/mol. The Morgan fingerprint density at radius 3 is 0.992 bits per heavy atom. The van der Waals surface area contributed by atoms with Gasteiger partial charge in [0.05, 0.1) is 60.3 Å². The Morgan fingerprint density at radius 1 is 0.325 bits per heavy atom. The Bertz CT molecular complexity index is 4270. The standard InChI is InChI=1S/2C35H44N2O4.C16H13NO2.2C9H15NO/c2*38-28(24-31(25-15-8-5-9-16-25)36-33(39)26-17-10-6-11-18-26)23-27-19-7-1-2-12-20-29(27)34(40)37-32-22-14-4-3-13-21-30(32)35(37)41;18-15-11-14(12-7-3-1-4-8-12)17(15)16(19)13-9-5-2-6-10-13;2*11-9-7-5-3-1-2-4-6-8(7)10-9/h2*5-6,8-11,15-18,27,29-32H,1-4,7,12-14,19-24H2,(H,36,39);1-10,14H,11H2;2*7-8H,1-6H2,(H,10,11)/t27-,29?,30?,31?,32?;27-,29?,30?,31?,32+;;2*7?,8-/m00.11/s1. The van der Waals surface area contributed by atoms with Crippen LogP contribution in [0.4, 0.5) is 0 Å². The molecular formula is C104H131N7O12. The SMILES string of the molecule is O=C(CC(NC(=O)c1ccccc1)c1ccccc1)C[C@@H]1CCCCCCC1C(=O)N1C(=O)C2CCCCCCC21.O=C(CC(NC(=O)c1ccccc1)c1ccccc1)C[C@@H]1CCCCCCC1C(=O)N1C(=O)C2CCCCCC[C@H]21.O=C1CC(c2ccccc2)N1C(=O)c1ccccc1.O=C1N[C@@H]2CCCCCCC12.O=C1N[C@@H]2CCCCCCC12. The molecule has 5 heterocycles. The predicted molar refractivity (Wildman–Crippen MR) is 475 cm³/mol. The quantitative estimate of drug-likeness (QED) is 0.0462. The summed E-state index contributed by atoms with van der Waals surface area (Å²) in [6.07, 6.45) is 40.6. The third-order valence-corrected chi connectivity index (χ3v) is 28.3. The second-order valence-electron chi connectivity index (χ2n) is 36.6. The first-order valence-electron chi connectivity index (χ1n) is 47.2. The summed E-state index contributed by atoms with van der Waals surface area (Å²) in [5, 5.41) is 12.1. The van der Waals surface area contributed by atoms with Gasteiger partial charge in [0.2, 0.25) is 41.4 Å². The Kier molecular flexibility index (Phi) is 34.0. The molecule has 0 aromatic heterocycles. The number of rotatable bonds is 18. The van der Waals surface area contributed by atoms with Crippen LogP contribution in [0.15, 0.2) is 182 Å². The minimum atomic E-state index is -0.452. The number of benzene rings is 6. The van der Waals surface area contributed by atoms with E-state index in [-0.39, 0.29) is 125 Å². The van der Waals surface area contributed by atoms with Gasteiger partial charge in [-0.15, -0.1) is 0 Å². The van der Waals surface area contributed by atoms with E-state index in [1.54, 1.807) is 58.3 Å². The van der Waals surface area contributed by atoms with Crippen molar-refractivity contribution in [2.75, 3.05) is 0 Å². The smallest absolute Gasteiger partial charge is 0.261 e. The molecule has 5 saturated heterocycles. The number of ketones is 2. The molecule has 17 rings (SSSR count). The largest absolute Gasteiger partial charge is 0.352 e. The maximum absolute atomic E-state index is 14.0. The van der Waals surface area contributed by atoms with Crippen LogP contribution in [0.25, 0.3) is 0 Å². The molecule has 4 N–H and O–H groups in total. The van der Waals surface area contributed by atoms with Gasteiger partial charge < -0.3 is 21.3 Å². The molecule has 6 saturated carbocycles. The summed E-state index contributed by atoms with van der Waals surface area (Å²) in [5.74, 6) is -0.0171. The number of imide groups is 3. The molecule has 6 aromatic rings. The van der Waals surface area contributed by atoms with E-state index in [2.05, 4.69) is 21.3 Å². The average Bonchev–Trinajstić information content (AvgIpc) is 0.759. The number of nitrogens with zero attached hydrogens (tertiary/aromatic N) is 3. The highest BCUT2D eigenvalue weighted by Crippen LogP contribution is 2.45. The fourth-order valence-electron chi connectivity index (χ4n) is 21.2. The number of Topliss-reactive ketones (excluding diaryl/α,β-unsaturated/α-hetero) is 2. The first kappa shape index (κ1) is 90.7. The lowest BCUT2D eigenvalue weighted by molar-refractivity contribution is -0.172. The fraction of sp³-hybridized carbons (Fsp3) is 0.538. The van der Waals surface area contributed by atoms with Crippen LogP contribution < -0.4 is 21.3 Å². The highest BCUT2D eigenvalue weighted by Gasteiger charge is 2.54. The van der Waals surface area contributed by atoms with Crippen molar-refractivity contribution in [3.05, 3.63) is 215 Å². The van der Waals surface area contributed by atoms with Crippen LogP contribution in [0.3, 0.4) is 0 Å². The molecule has 10 unspecified atom stereocenters. The molecule has 0 spiro atoms. The van der Waals surface area contributed by atoms with E-state index in [9.17, 15) is 57.5 Å². The lowest BCUT2D eigenvalue weighted by atomic mass is 9.74. The van der Waals surface area contributed by atoms with E-state index < -0.39 is 12.1 Å². The van der Waals surface area contributed by atoms with Gasteiger partial charge in [0, 0.05) is 66.3 Å². The first-order chi connectivity index (χ1) is 60.1. The summed E-state index contributed by atoms with van der Waals surface area (Å²) in [6.45, 7) is 0. The molecule has 11 fully saturated rings. The molecule has 5 aliphatic heterocycles. The number of carbonyl (C=O) groups is 12. The van der Waals surface area contributed by atoms with Gasteiger partial charge >= 0.3 is 0 Å². The van der Waals surface area contributed by atoms with Crippen LogP contribution in [-0.2, 0) is 43.2 Å². The van der Waals surface area contributed by atoms with Gasteiger partial charge in [-0.2, -0.15) is 0 Å². The Balaban J connectivity index is 0.000000146. The van der Waals surface area contributed by atoms with Gasteiger partial charge in [-0.25, -0.2) is 0 Å². The number of amides is 10. The minimum Gasteiger partial charge on any atom is -0.352 e. The molecule has 6 aromatic carbocycles. The highest BCUT2D eigenvalue weighted by molar-refractivity contribution is 6.08. The van der Waals surface area contributed by atoms with Crippen molar-refractivity contribution >= 4 is 70.6 Å². The third-order valence-electron chi connectivity index (χ3n) is 28.3. The van der Waals surface area contributed by atoms with Crippen molar-refractivity contribution in [2.45, 2.75) is 306 Å². The zero-order valence-electron chi connectivity index (χ0n) is 72.2. The third kappa shape index (κ3) is 24.3. The van der Waals surface area contributed by atoms with E-state index in [4.69, 9.17) is 0 Å². The molecule has 0 bridgehead atoms. The number of nitrogens with one attached hydrogen (secondary N) is 4. The van der Waals surface area contributed by atoms with Crippen molar-refractivity contribution in [3.63, 3.8) is 0 Å². The van der Waals surface area contributed by atoms with Crippen molar-refractivity contribution < 1.29 is 57.5 Å². The molecule has 19 heteroatoms. The molecule has 123 heavy (non-hydrogen) atoms. The van der Waals surface area contributed by atoms with E-state index in [1.807, 2.05) is 133 Å². The Hall–Kier alpha value is -10.0. The lowest BCUT2D eigenvalue weighted by Crippen LogP contribution is -2.64. The second-order valence-corrected chi connectivity index (χ2v) is 36.6. The van der Waals surface area contributed by atoms with Gasteiger partial charge in [0.1, 0.15) is 11.6 Å². The number of likely N-dealkylation sites (tertiary alicyclic amines) is 3. The number of fused-ring (bicyclic) bond motifs is 4. The van der Waals surface area contributed by atoms with Crippen LogP contribution >= 0.6 is 0 Å². The second kappa shape index (κ2) is 46.1. The van der Waals surface area contributed by atoms with Crippen molar-refractivity contribution in [3.8, 4) is 0 Å². The number of carbonyl (C=O) groups excluding carboxylic acids is 12. The summed E-state index contributed by atoms with van der Waals surface area (Å²) in [4.78, 5) is 158. The molecule has 15 atom stereocenters. The zero-order valence-corrected chi connectivity index (χ0v) is 72.2. The predicted octanol–water partition coefficient (Wildman–Crippen LogP) is 19.3. The number of hydrogen-bond donors (Lipinski definition) is 4. The van der Waals surface area contributed by atoms with Gasteiger partial charge in [0.25, 0.3) is 17.7 Å². The zero-order chi connectivity index (χ0) is 85.8.